The van der Waals surface area contributed by atoms with Gasteiger partial charge in [0.15, 0.2) is 5.78 Å². The Morgan fingerprint density at radius 3 is 2.47 bits per heavy atom. The van der Waals surface area contributed by atoms with Crippen LogP contribution in [-0.2, 0) is 20.7 Å². The maximum Gasteiger partial charge on any atom is 0.315 e. The van der Waals surface area contributed by atoms with Crippen LogP contribution in [0.5, 0.6) is 0 Å². The summed E-state index contributed by atoms with van der Waals surface area (Å²) in [7, 11) is 1.26. The van der Waals surface area contributed by atoms with E-state index in [1.165, 1.54) is 14.0 Å². The first-order valence-electron chi connectivity index (χ1n) is 5.00. The minimum atomic E-state index is -0.769. The van der Waals surface area contributed by atoms with Gasteiger partial charge in [-0.2, -0.15) is 0 Å². The molecule has 92 valence electrons. The number of hydrogen-bond acceptors (Lipinski definition) is 3. The van der Waals surface area contributed by atoms with Gasteiger partial charge in [-0.3, -0.25) is 9.59 Å². The summed E-state index contributed by atoms with van der Waals surface area (Å²) in [5.41, 5.74) is 0.722. The molecule has 0 aromatic heterocycles. The molecule has 0 amide bonds. The molecule has 0 N–H and O–H groups in total. The minimum Gasteiger partial charge on any atom is -0.468 e. The van der Waals surface area contributed by atoms with Crippen LogP contribution in [0.4, 0.5) is 0 Å². The van der Waals surface area contributed by atoms with Gasteiger partial charge in [-0.1, -0.05) is 29.3 Å². The van der Waals surface area contributed by atoms with Crippen LogP contribution < -0.4 is 0 Å². The van der Waals surface area contributed by atoms with Gasteiger partial charge in [-0.15, -0.1) is 0 Å². The monoisotopic (exact) mass is 274 g/mol. The minimum absolute atomic E-state index is 0.132. The summed E-state index contributed by atoms with van der Waals surface area (Å²) in [5.74, 6) is -1.51. The van der Waals surface area contributed by atoms with Crippen molar-refractivity contribution in [1.29, 1.82) is 0 Å². The fourth-order valence-corrected chi connectivity index (χ4v) is 1.63. The van der Waals surface area contributed by atoms with E-state index >= 15 is 0 Å². The summed E-state index contributed by atoms with van der Waals surface area (Å²) in [5, 5.41) is 0.826. The number of hydrogen-bond donors (Lipinski definition) is 0. The Balaban J connectivity index is 2.74. The van der Waals surface area contributed by atoms with E-state index in [9.17, 15) is 9.59 Å². The van der Waals surface area contributed by atoms with Crippen LogP contribution >= 0.6 is 23.2 Å². The second-order valence-electron chi connectivity index (χ2n) is 3.64. The molecule has 5 heteroatoms. The van der Waals surface area contributed by atoms with Crippen LogP contribution in [0.25, 0.3) is 0 Å². The van der Waals surface area contributed by atoms with E-state index < -0.39 is 11.9 Å². The zero-order valence-corrected chi connectivity index (χ0v) is 11.0. The molecule has 0 saturated carbocycles. The van der Waals surface area contributed by atoms with Crippen molar-refractivity contribution in [3.8, 4) is 0 Å². The first-order chi connectivity index (χ1) is 7.95. The Morgan fingerprint density at radius 1 is 1.29 bits per heavy atom. The highest BCUT2D eigenvalue weighted by atomic mass is 35.5. The quantitative estimate of drug-likeness (QED) is 0.626. The lowest BCUT2D eigenvalue weighted by Gasteiger charge is -2.08. The van der Waals surface area contributed by atoms with Gasteiger partial charge in [-0.05, 0) is 24.6 Å². The third-order valence-corrected chi connectivity index (χ3v) is 3.14. The Hall–Kier alpha value is -1.06. The van der Waals surface area contributed by atoms with Crippen molar-refractivity contribution in [3.05, 3.63) is 33.8 Å². The number of carbonyl (C=O) groups excluding carboxylic acids is 2. The predicted octanol–water partition coefficient (Wildman–Crippen LogP) is 2.91. The van der Waals surface area contributed by atoms with Crippen molar-refractivity contribution >= 4 is 35.0 Å². The fourth-order valence-electron chi connectivity index (χ4n) is 1.31. The lowest BCUT2D eigenvalue weighted by Crippen LogP contribution is -2.23. The molecule has 3 nitrogen and oxygen atoms in total. The van der Waals surface area contributed by atoms with Crippen LogP contribution in [0.3, 0.4) is 0 Å². The van der Waals surface area contributed by atoms with E-state index in [0.717, 1.165) is 5.56 Å². The van der Waals surface area contributed by atoms with Gasteiger partial charge in [0.2, 0.25) is 0 Å². The topological polar surface area (TPSA) is 43.4 Å². The molecule has 0 bridgehead atoms. The molecule has 0 heterocycles. The Bertz CT molecular complexity index is 443. The van der Waals surface area contributed by atoms with E-state index in [0.29, 0.717) is 10.0 Å². The van der Waals surface area contributed by atoms with E-state index in [1.807, 2.05) is 0 Å². The van der Waals surface area contributed by atoms with Gasteiger partial charge >= 0.3 is 5.97 Å². The van der Waals surface area contributed by atoms with Crippen molar-refractivity contribution in [2.75, 3.05) is 7.11 Å². The van der Waals surface area contributed by atoms with Crippen LogP contribution in [0.2, 0.25) is 10.0 Å². The first kappa shape index (κ1) is 14.0. The highest BCUT2D eigenvalue weighted by Crippen LogP contribution is 2.23. The highest BCUT2D eigenvalue weighted by molar-refractivity contribution is 6.42. The van der Waals surface area contributed by atoms with Gasteiger partial charge in [0.05, 0.1) is 17.2 Å². The maximum atomic E-state index is 11.7. The van der Waals surface area contributed by atoms with Gasteiger partial charge in [0.1, 0.15) is 5.92 Å². The number of carbonyl (C=O) groups is 2. The van der Waals surface area contributed by atoms with Crippen molar-refractivity contribution < 1.29 is 14.3 Å². The SMILES string of the molecule is COC(=O)C(C)C(=O)Cc1ccc(Cl)c(Cl)c1. The molecule has 0 spiro atoms. The summed E-state index contributed by atoms with van der Waals surface area (Å²) in [6.45, 7) is 1.52. The summed E-state index contributed by atoms with van der Waals surface area (Å²) in [4.78, 5) is 22.9. The normalized spacial score (nSPS) is 12.0. The Morgan fingerprint density at radius 2 is 1.94 bits per heavy atom. The fraction of sp³-hybridized carbons (Fsp3) is 0.333. The molecule has 0 saturated heterocycles. The number of Topliss-reactive ketones (excluding diaryl/α,β-unsaturated/α-hetero) is 1. The van der Waals surface area contributed by atoms with Crippen molar-refractivity contribution in [1.82, 2.24) is 0 Å². The van der Waals surface area contributed by atoms with Crippen LogP contribution in [0.15, 0.2) is 18.2 Å². The first-order valence-corrected chi connectivity index (χ1v) is 5.75. The summed E-state index contributed by atoms with van der Waals surface area (Å²) in [6.07, 6.45) is 0.132. The van der Waals surface area contributed by atoms with E-state index in [1.54, 1.807) is 18.2 Å². The molecule has 0 aliphatic heterocycles. The zero-order chi connectivity index (χ0) is 13.0. The molecular weight excluding hydrogens is 263 g/mol. The molecule has 1 aromatic rings. The zero-order valence-electron chi connectivity index (χ0n) is 9.50. The van der Waals surface area contributed by atoms with Crippen LogP contribution in [0, 0.1) is 5.92 Å². The smallest absolute Gasteiger partial charge is 0.315 e. The molecule has 0 radical (unpaired) electrons. The molecule has 0 aliphatic rings. The number of ketones is 1. The van der Waals surface area contributed by atoms with Crippen molar-refractivity contribution in [2.24, 2.45) is 5.92 Å². The number of benzene rings is 1. The molecule has 0 aliphatic carbocycles. The lowest BCUT2D eigenvalue weighted by molar-refractivity contribution is -0.148. The Kier molecular flexibility index (Phi) is 4.97. The molecule has 1 aromatic carbocycles. The van der Waals surface area contributed by atoms with Gasteiger partial charge < -0.3 is 4.74 Å². The standard InChI is InChI=1S/C12H12Cl2O3/c1-7(12(16)17-2)11(15)6-8-3-4-9(13)10(14)5-8/h3-5,7H,6H2,1-2H3. The predicted molar refractivity (Wildman–Crippen MR) is 66.4 cm³/mol. The lowest BCUT2D eigenvalue weighted by atomic mass is 10.00. The average Bonchev–Trinajstić information content (AvgIpc) is 2.31. The van der Waals surface area contributed by atoms with E-state index in [-0.39, 0.29) is 12.2 Å². The number of esters is 1. The molecule has 1 unspecified atom stereocenters. The molecular formula is C12H12Cl2O3. The summed E-state index contributed by atoms with van der Waals surface area (Å²) >= 11 is 11.6. The molecule has 17 heavy (non-hydrogen) atoms. The number of ether oxygens (including phenoxy) is 1. The number of rotatable bonds is 4. The van der Waals surface area contributed by atoms with Crippen molar-refractivity contribution in [3.63, 3.8) is 0 Å². The number of halogens is 2. The largest absolute Gasteiger partial charge is 0.468 e. The third-order valence-electron chi connectivity index (χ3n) is 2.40. The van der Waals surface area contributed by atoms with Gasteiger partial charge in [0.25, 0.3) is 0 Å². The molecule has 1 rings (SSSR count). The van der Waals surface area contributed by atoms with Gasteiger partial charge in [0, 0.05) is 6.42 Å². The van der Waals surface area contributed by atoms with Crippen LogP contribution in [0.1, 0.15) is 12.5 Å². The average molecular weight is 275 g/mol. The maximum absolute atomic E-state index is 11.7. The van der Waals surface area contributed by atoms with Gasteiger partial charge in [-0.25, -0.2) is 0 Å². The molecule has 0 fully saturated rings. The van der Waals surface area contributed by atoms with Crippen LogP contribution in [-0.4, -0.2) is 18.9 Å². The Labute approximate surface area is 110 Å². The summed E-state index contributed by atoms with van der Waals surface area (Å²) < 4.78 is 4.51. The number of methoxy groups -OCH3 is 1. The molecule has 1 atom stereocenters. The second-order valence-corrected chi connectivity index (χ2v) is 4.45. The highest BCUT2D eigenvalue weighted by Gasteiger charge is 2.22. The third kappa shape index (κ3) is 3.72. The van der Waals surface area contributed by atoms with Crippen molar-refractivity contribution in [2.45, 2.75) is 13.3 Å². The summed E-state index contributed by atoms with van der Waals surface area (Å²) in [6, 6.07) is 4.94. The van der Waals surface area contributed by atoms with E-state index in [4.69, 9.17) is 23.2 Å². The van der Waals surface area contributed by atoms with E-state index in [2.05, 4.69) is 4.74 Å². The second kappa shape index (κ2) is 6.03.